The van der Waals surface area contributed by atoms with E-state index in [0.717, 1.165) is 0 Å². The summed E-state index contributed by atoms with van der Waals surface area (Å²) in [7, 11) is 3.06. The van der Waals surface area contributed by atoms with E-state index in [4.69, 9.17) is 9.47 Å². The van der Waals surface area contributed by atoms with E-state index < -0.39 is 0 Å². The number of methoxy groups -OCH3 is 2. The number of amides is 1. The number of aromatic nitrogens is 3. The van der Waals surface area contributed by atoms with Crippen LogP contribution in [0.4, 0.5) is 0 Å². The van der Waals surface area contributed by atoms with Gasteiger partial charge in [-0.15, -0.1) is 0 Å². The van der Waals surface area contributed by atoms with Gasteiger partial charge in [0.25, 0.3) is 5.91 Å². The van der Waals surface area contributed by atoms with E-state index >= 15 is 0 Å². The zero-order valence-electron chi connectivity index (χ0n) is 10.4. The molecule has 19 heavy (non-hydrogen) atoms. The molecule has 1 N–H and O–H groups in total. The number of nitrogens with zero attached hydrogens (tertiary/aromatic N) is 3. The van der Waals surface area contributed by atoms with E-state index in [-0.39, 0.29) is 18.1 Å². The molecular weight excluding hydrogens is 268 g/mol. The van der Waals surface area contributed by atoms with Crippen molar-refractivity contribution in [3.05, 3.63) is 29.8 Å². The molecular formula is C11H12N4O3S. The van der Waals surface area contributed by atoms with Crippen molar-refractivity contribution in [1.29, 1.82) is 0 Å². The van der Waals surface area contributed by atoms with Gasteiger partial charge in [0.1, 0.15) is 5.69 Å². The van der Waals surface area contributed by atoms with Gasteiger partial charge in [-0.2, -0.15) is 4.37 Å². The summed E-state index contributed by atoms with van der Waals surface area (Å²) >= 11 is 1.17. The molecule has 2 heterocycles. The monoisotopic (exact) mass is 280 g/mol. The van der Waals surface area contributed by atoms with Crippen LogP contribution in [0.3, 0.4) is 0 Å². The zero-order chi connectivity index (χ0) is 13.7. The number of rotatable bonds is 5. The fraction of sp³-hybridized carbons (Fsp3) is 0.273. The Kier molecular flexibility index (Phi) is 4.24. The fourth-order valence-corrected chi connectivity index (χ4v) is 2.12. The lowest BCUT2D eigenvalue weighted by atomic mass is 10.3. The number of hydrogen-bond acceptors (Lipinski definition) is 7. The zero-order valence-corrected chi connectivity index (χ0v) is 11.2. The van der Waals surface area contributed by atoms with Crippen LogP contribution in [-0.4, -0.2) is 34.5 Å². The highest BCUT2D eigenvalue weighted by atomic mass is 32.1. The molecule has 0 aliphatic rings. The molecule has 2 aromatic rings. The Morgan fingerprint density at radius 2 is 2.21 bits per heavy atom. The molecule has 0 aliphatic carbocycles. The van der Waals surface area contributed by atoms with Crippen molar-refractivity contribution in [3.8, 4) is 10.9 Å². The molecule has 0 aromatic carbocycles. The van der Waals surface area contributed by atoms with Crippen molar-refractivity contribution < 1.29 is 14.3 Å². The number of nitrogens with one attached hydrogen (secondary N) is 1. The molecule has 2 rings (SSSR count). The maximum Gasteiger partial charge on any atom is 0.271 e. The van der Waals surface area contributed by atoms with E-state index in [9.17, 15) is 4.79 Å². The summed E-state index contributed by atoms with van der Waals surface area (Å²) in [5.74, 6) is 0.129. The van der Waals surface area contributed by atoms with Crippen LogP contribution in [0.2, 0.25) is 0 Å². The predicted molar refractivity (Wildman–Crippen MR) is 68.4 cm³/mol. The highest BCUT2D eigenvalue weighted by Crippen LogP contribution is 2.31. The Balaban J connectivity index is 2.06. The fourth-order valence-electron chi connectivity index (χ4n) is 1.42. The SMILES string of the molecule is COc1nsc(OC)c1CNC(=O)c1cnccn1. The molecule has 7 nitrogen and oxygen atoms in total. The maximum absolute atomic E-state index is 11.8. The Morgan fingerprint density at radius 1 is 1.37 bits per heavy atom. The molecule has 1 amide bonds. The summed E-state index contributed by atoms with van der Waals surface area (Å²) in [6.45, 7) is 0.248. The minimum Gasteiger partial charge on any atom is -0.486 e. The number of hydrogen-bond donors (Lipinski definition) is 1. The highest BCUT2D eigenvalue weighted by molar-refractivity contribution is 7.08. The second kappa shape index (κ2) is 6.10. The molecule has 0 bridgehead atoms. The largest absolute Gasteiger partial charge is 0.486 e. The van der Waals surface area contributed by atoms with Crippen LogP contribution in [-0.2, 0) is 6.54 Å². The molecule has 100 valence electrons. The van der Waals surface area contributed by atoms with Crippen LogP contribution in [0.15, 0.2) is 18.6 Å². The first-order valence-corrected chi connectivity index (χ1v) is 6.14. The van der Waals surface area contributed by atoms with Gasteiger partial charge < -0.3 is 14.8 Å². The summed E-state index contributed by atoms with van der Waals surface area (Å²) in [5, 5.41) is 3.32. The van der Waals surface area contributed by atoms with Crippen LogP contribution >= 0.6 is 11.5 Å². The van der Waals surface area contributed by atoms with Gasteiger partial charge in [-0.1, -0.05) is 0 Å². The minimum absolute atomic E-state index is 0.248. The molecule has 0 atom stereocenters. The molecule has 0 aliphatic heterocycles. The summed E-state index contributed by atoms with van der Waals surface area (Å²) in [4.78, 5) is 19.6. The second-order valence-electron chi connectivity index (χ2n) is 3.44. The first kappa shape index (κ1) is 13.2. The van der Waals surface area contributed by atoms with Crippen LogP contribution in [0, 0.1) is 0 Å². The average molecular weight is 280 g/mol. The predicted octanol–water partition coefficient (Wildman–Crippen LogP) is 0.880. The quantitative estimate of drug-likeness (QED) is 0.875. The molecule has 0 saturated heterocycles. The first-order valence-electron chi connectivity index (χ1n) is 5.37. The first-order chi connectivity index (χ1) is 9.26. The summed E-state index contributed by atoms with van der Waals surface area (Å²) in [6.07, 6.45) is 4.36. The number of ether oxygens (including phenoxy) is 2. The van der Waals surface area contributed by atoms with Crippen molar-refractivity contribution in [2.75, 3.05) is 14.2 Å². The van der Waals surface area contributed by atoms with Crippen molar-refractivity contribution in [2.45, 2.75) is 6.54 Å². The Morgan fingerprint density at radius 3 is 2.84 bits per heavy atom. The normalized spacial score (nSPS) is 10.0. The van der Waals surface area contributed by atoms with Crippen molar-refractivity contribution in [2.24, 2.45) is 0 Å². The molecule has 8 heteroatoms. The van der Waals surface area contributed by atoms with Crippen molar-refractivity contribution in [3.63, 3.8) is 0 Å². The molecule has 0 radical (unpaired) electrons. The van der Waals surface area contributed by atoms with Gasteiger partial charge in [0, 0.05) is 23.9 Å². The maximum atomic E-state index is 11.8. The van der Waals surface area contributed by atoms with Crippen LogP contribution in [0.1, 0.15) is 16.1 Å². The smallest absolute Gasteiger partial charge is 0.271 e. The third-order valence-corrected chi connectivity index (χ3v) is 3.15. The van der Waals surface area contributed by atoms with Crippen LogP contribution < -0.4 is 14.8 Å². The molecule has 0 unspecified atom stereocenters. The Bertz CT molecular complexity index is 537. The average Bonchev–Trinajstić information content (AvgIpc) is 2.87. The van der Waals surface area contributed by atoms with Gasteiger partial charge in [-0.25, -0.2) is 4.98 Å². The van der Waals surface area contributed by atoms with Crippen molar-refractivity contribution in [1.82, 2.24) is 19.7 Å². The van der Waals surface area contributed by atoms with Gasteiger partial charge in [0.05, 0.1) is 32.5 Å². The van der Waals surface area contributed by atoms with Gasteiger partial charge in [0.2, 0.25) is 10.9 Å². The molecule has 0 saturated carbocycles. The molecule has 0 fully saturated rings. The Hall–Kier alpha value is -2.22. The minimum atomic E-state index is -0.316. The van der Waals surface area contributed by atoms with Crippen LogP contribution in [0.25, 0.3) is 0 Å². The highest BCUT2D eigenvalue weighted by Gasteiger charge is 2.16. The third kappa shape index (κ3) is 2.97. The topological polar surface area (TPSA) is 86.2 Å². The van der Waals surface area contributed by atoms with Gasteiger partial charge in [-0.05, 0) is 0 Å². The lowest BCUT2D eigenvalue weighted by Crippen LogP contribution is -2.24. The molecule has 2 aromatic heterocycles. The van der Waals surface area contributed by atoms with E-state index in [1.54, 1.807) is 7.11 Å². The van der Waals surface area contributed by atoms with Crippen molar-refractivity contribution >= 4 is 17.4 Å². The Labute approximate surface area is 113 Å². The van der Waals surface area contributed by atoms with E-state index in [1.807, 2.05) is 0 Å². The second-order valence-corrected chi connectivity index (χ2v) is 4.17. The number of carbonyl (C=O) groups is 1. The van der Waals surface area contributed by atoms with Gasteiger partial charge in [-0.3, -0.25) is 9.78 Å². The summed E-state index contributed by atoms with van der Waals surface area (Å²) < 4.78 is 14.3. The van der Waals surface area contributed by atoms with E-state index in [0.29, 0.717) is 16.5 Å². The van der Waals surface area contributed by atoms with Gasteiger partial charge >= 0.3 is 0 Å². The molecule has 0 spiro atoms. The lowest BCUT2D eigenvalue weighted by Gasteiger charge is -2.06. The van der Waals surface area contributed by atoms with Gasteiger partial charge in [0.15, 0.2) is 0 Å². The lowest BCUT2D eigenvalue weighted by molar-refractivity contribution is 0.0945. The summed E-state index contributed by atoms with van der Waals surface area (Å²) in [5.41, 5.74) is 0.955. The van der Waals surface area contributed by atoms with E-state index in [1.165, 1.54) is 37.2 Å². The standard InChI is InChI=1S/C11H12N4O3S/c1-17-10-7(11(18-2)19-15-10)5-14-9(16)8-6-12-3-4-13-8/h3-4,6H,5H2,1-2H3,(H,14,16). The van der Waals surface area contributed by atoms with Crippen LogP contribution in [0.5, 0.6) is 10.9 Å². The summed E-state index contributed by atoms with van der Waals surface area (Å²) in [6, 6.07) is 0. The number of carbonyl (C=O) groups excluding carboxylic acids is 1. The van der Waals surface area contributed by atoms with E-state index in [2.05, 4.69) is 19.7 Å². The third-order valence-electron chi connectivity index (χ3n) is 2.32.